The summed E-state index contributed by atoms with van der Waals surface area (Å²) in [6.45, 7) is 9.56. The highest BCUT2D eigenvalue weighted by molar-refractivity contribution is 6.12. The Hall–Kier alpha value is -2.11. The van der Waals surface area contributed by atoms with Gasteiger partial charge in [0.1, 0.15) is 5.82 Å². The number of carbonyl (C=O) groups is 1. The number of anilines is 3. The second-order valence-corrected chi connectivity index (χ2v) is 6.95. The number of pyridine rings is 1. The van der Waals surface area contributed by atoms with Gasteiger partial charge < -0.3 is 14.7 Å². The second kappa shape index (κ2) is 9.20. The van der Waals surface area contributed by atoms with Gasteiger partial charge in [-0.2, -0.15) is 0 Å². The average molecular weight is 389 g/mol. The first-order chi connectivity index (χ1) is 12.5. The highest BCUT2D eigenvalue weighted by Crippen LogP contribution is 2.38. The third-order valence-corrected chi connectivity index (χ3v) is 5.07. The molecule has 0 unspecified atom stereocenters. The van der Waals surface area contributed by atoms with Gasteiger partial charge in [-0.15, -0.1) is 12.4 Å². The van der Waals surface area contributed by atoms with Gasteiger partial charge >= 0.3 is 0 Å². The van der Waals surface area contributed by atoms with Gasteiger partial charge in [-0.25, -0.2) is 4.98 Å². The number of halogens is 1. The van der Waals surface area contributed by atoms with E-state index < -0.39 is 0 Å². The van der Waals surface area contributed by atoms with Gasteiger partial charge in [0.05, 0.1) is 16.9 Å². The van der Waals surface area contributed by atoms with Crippen LogP contribution in [-0.4, -0.2) is 48.5 Å². The minimum atomic E-state index is -0.0135. The minimum Gasteiger partial charge on any atom is -0.324 e. The van der Waals surface area contributed by atoms with Crippen LogP contribution in [0.25, 0.3) is 0 Å². The standard InChI is InChI=1S/C21H28N4O.ClH/c1-5-24(16(2)3)14-9-15-25-19-12-7-6-11-18(19)23(4)21(26)17-10-8-13-22-20(17)25;/h6-8,10-13,16H,5,9,14-15H2,1-4H3;1H. The number of para-hydroxylation sites is 2. The maximum Gasteiger partial charge on any atom is 0.261 e. The molecule has 1 aromatic heterocycles. The molecule has 0 radical (unpaired) electrons. The van der Waals surface area contributed by atoms with Crippen LogP contribution < -0.4 is 9.80 Å². The van der Waals surface area contributed by atoms with E-state index in [0.29, 0.717) is 11.6 Å². The highest BCUT2D eigenvalue weighted by atomic mass is 35.5. The van der Waals surface area contributed by atoms with Gasteiger partial charge in [-0.05, 0) is 51.1 Å². The monoisotopic (exact) mass is 388 g/mol. The Bertz CT molecular complexity index is 780. The topological polar surface area (TPSA) is 39.7 Å². The van der Waals surface area contributed by atoms with Crippen molar-refractivity contribution < 1.29 is 4.79 Å². The summed E-state index contributed by atoms with van der Waals surface area (Å²) in [5, 5.41) is 0. The molecule has 0 aliphatic carbocycles. The summed E-state index contributed by atoms with van der Waals surface area (Å²) in [7, 11) is 1.83. The number of aromatic nitrogens is 1. The van der Waals surface area contributed by atoms with E-state index in [-0.39, 0.29) is 18.3 Å². The molecule has 0 saturated heterocycles. The fourth-order valence-corrected chi connectivity index (χ4v) is 3.60. The first-order valence-electron chi connectivity index (χ1n) is 9.38. The number of hydrogen-bond acceptors (Lipinski definition) is 4. The van der Waals surface area contributed by atoms with E-state index in [4.69, 9.17) is 0 Å². The lowest BCUT2D eigenvalue weighted by Gasteiger charge is -2.28. The fourth-order valence-electron chi connectivity index (χ4n) is 3.60. The average Bonchev–Trinajstić information content (AvgIpc) is 2.74. The number of nitrogens with zero attached hydrogens (tertiary/aromatic N) is 4. The van der Waals surface area contributed by atoms with Crippen molar-refractivity contribution in [2.24, 2.45) is 0 Å². The van der Waals surface area contributed by atoms with Gasteiger partial charge in [0.15, 0.2) is 0 Å². The van der Waals surface area contributed by atoms with Crippen molar-refractivity contribution in [1.82, 2.24) is 9.88 Å². The molecule has 146 valence electrons. The van der Waals surface area contributed by atoms with E-state index in [1.807, 2.05) is 37.4 Å². The van der Waals surface area contributed by atoms with Gasteiger partial charge in [0, 0.05) is 32.4 Å². The molecule has 2 heterocycles. The Kier molecular flexibility index (Phi) is 7.22. The molecule has 27 heavy (non-hydrogen) atoms. The molecule has 0 N–H and O–H groups in total. The van der Waals surface area contributed by atoms with Crippen molar-refractivity contribution in [1.29, 1.82) is 0 Å². The molecule has 1 aliphatic rings. The molecule has 1 amide bonds. The van der Waals surface area contributed by atoms with Crippen molar-refractivity contribution >= 4 is 35.5 Å². The van der Waals surface area contributed by atoms with Crippen LogP contribution in [0.4, 0.5) is 17.2 Å². The molecule has 0 bridgehead atoms. The van der Waals surface area contributed by atoms with Crippen molar-refractivity contribution in [3.8, 4) is 0 Å². The number of rotatable bonds is 6. The number of amides is 1. The third-order valence-electron chi connectivity index (χ3n) is 5.07. The Morgan fingerprint density at radius 1 is 1.11 bits per heavy atom. The van der Waals surface area contributed by atoms with Gasteiger partial charge in [-0.3, -0.25) is 4.79 Å². The Labute approximate surface area is 168 Å². The predicted molar refractivity (Wildman–Crippen MR) is 115 cm³/mol. The van der Waals surface area contributed by atoms with Crippen LogP contribution in [0.15, 0.2) is 42.6 Å². The van der Waals surface area contributed by atoms with E-state index in [1.165, 1.54) is 0 Å². The quantitative estimate of drug-likeness (QED) is 0.737. The van der Waals surface area contributed by atoms with E-state index in [1.54, 1.807) is 11.1 Å². The van der Waals surface area contributed by atoms with Crippen LogP contribution in [0.5, 0.6) is 0 Å². The largest absolute Gasteiger partial charge is 0.324 e. The maximum atomic E-state index is 12.9. The van der Waals surface area contributed by atoms with Crippen molar-refractivity contribution in [3.05, 3.63) is 48.2 Å². The molecule has 0 atom stereocenters. The number of fused-ring (bicyclic) bond motifs is 2. The Balaban J connectivity index is 0.00000261. The lowest BCUT2D eigenvalue weighted by Crippen LogP contribution is -2.33. The van der Waals surface area contributed by atoms with Crippen LogP contribution in [-0.2, 0) is 0 Å². The SMILES string of the molecule is CCN(CCCN1c2ccccc2N(C)C(=O)c2cccnc21)C(C)C.Cl. The zero-order chi connectivity index (χ0) is 18.7. The molecule has 3 rings (SSSR count). The highest BCUT2D eigenvalue weighted by Gasteiger charge is 2.29. The third kappa shape index (κ3) is 4.25. The van der Waals surface area contributed by atoms with Gasteiger partial charge in [0.25, 0.3) is 5.91 Å². The fraction of sp³-hybridized carbons (Fsp3) is 0.429. The van der Waals surface area contributed by atoms with Crippen LogP contribution in [0, 0.1) is 0 Å². The molecule has 6 heteroatoms. The number of hydrogen-bond donors (Lipinski definition) is 0. The lowest BCUT2D eigenvalue weighted by molar-refractivity contribution is 0.0994. The summed E-state index contributed by atoms with van der Waals surface area (Å²) >= 11 is 0. The maximum absolute atomic E-state index is 12.9. The summed E-state index contributed by atoms with van der Waals surface area (Å²) in [5.41, 5.74) is 2.61. The summed E-state index contributed by atoms with van der Waals surface area (Å²) in [6.07, 6.45) is 2.77. The zero-order valence-corrected chi connectivity index (χ0v) is 17.4. The van der Waals surface area contributed by atoms with Crippen LogP contribution in [0.2, 0.25) is 0 Å². The summed E-state index contributed by atoms with van der Waals surface area (Å²) in [4.78, 5) is 23.9. The van der Waals surface area contributed by atoms with Crippen molar-refractivity contribution in [2.75, 3.05) is 36.5 Å². The zero-order valence-electron chi connectivity index (χ0n) is 16.6. The first-order valence-corrected chi connectivity index (χ1v) is 9.38. The van der Waals surface area contributed by atoms with E-state index in [2.05, 4.69) is 41.6 Å². The lowest BCUT2D eigenvalue weighted by atomic mass is 10.2. The molecule has 2 aromatic rings. The smallest absolute Gasteiger partial charge is 0.261 e. The number of carbonyl (C=O) groups excluding carboxylic acids is 1. The molecular formula is C21H29ClN4O. The summed E-state index contributed by atoms with van der Waals surface area (Å²) in [5.74, 6) is 0.738. The second-order valence-electron chi connectivity index (χ2n) is 6.95. The summed E-state index contributed by atoms with van der Waals surface area (Å²) < 4.78 is 0. The molecule has 0 fully saturated rings. The molecule has 1 aliphatic heterocycles. The molecular weight excluding hydrogens is 360 g/mol. The van der Waals surface area contributed by atoms with E-state index in [9.17, 15) is 4.79 Å². The predicted octanol–water partition coefficient (Wildman–Crippen LogP) is 4.35. The van der Waals surface area contributed by atoms with Crippen LogP contribution in [0.1, 0.15) is 37.6 Å². The van der Waals surface area contributed by atoms with Gasteiger partial charge in [-0.1, -0.05) is 19.1 Å². The normalized spacial score (nSPS) is 13.3. The van der Waals surface area contributed by atoms with Crippen molar-refractivity contribution in [2.45, 2.75) is 33.2 Å². The van der Waals surface area contributed by atoms with Crippen LogP contribution in [0.3, 0.4) is 0 Å². The van der Waals surface area contributed by atoms with E-state index in [0.717, 1.165) is 43.2 Å². The van der Waals surface area contributed by atoms with Crippen molar-refractivity contribution in [3.63, 3.8) is 0 Å². The molecule has 0 saturated carbocycles. The Morgan fingerprint density at radius 2 is 1.81 bits per heavy atom. The van der Waals surface area contributed by atoms with Crippen LogP contribution >= 0.6 is 12.4 Å². The number of benzene rings is 1. The minimum absolute atomic E-state index is 0. The molecule has 5 nitrogen and oxygen atoms in total. The Morgan fingerprint density at radius 3 is 2.48 bits per heavy atom. The first kappa shape index (κ1) is 21.2. The van der Waals surface area contributed by atoms with E-state index >= 15 is 0 Å². The van der Waals surface area contributed by atoms with Gasteiger partial charge in [0.2, 0.25) is 0 Å². The molecule has 1 aromatic carbocycles. The molecule has 0 spiro atoms. The summed E-state index contributed by atoms with van der Waals surface area (Å²) in [6, 6.07) is 12.3.